The average molecular weight is 555 g/mol. The van der Waals surface area contributed by atoms with E-state index in [1.807, 2.05) is 37.3 Å². The highest BCUT2D eigenvalue weighted by Gasteiger charge is 2.25. The Morgan fingerprint density at radius 1 is 0.927 bits per heavy atom. The lowest BCUT2D eigenvalue weighted by atomic mass is 9.91. The Morgan fingerprint density at radius 3 is 2.27 bits per heavy atom. The van der Waals surface area contributed by atoms with Gasteiger partial charge in [0.2, 0.25) is 5.91 Å². The van der Waals surface area contributed by atoms with E-state index in [2.05, 4.69) is 56.1 Å². The van der Waals surface area contributed by atoms with Crippen LogP contribution in [0.1, 0.15) is 45.2 Å². The number of methoxy groups -OCH3 is 2. The van der Waals surface area contributed by atoms with E-state index in [1.54, 1.807) is 31.2 Å². The minimum atomic E-state index is -0.742. The fourth-order valence-electron chi connectivity index (χ4n) is 4.72. The van der Waals surface area contributed by atoms with E-state index >= 15 is 0 Å². The summed E-state index contributed by atoms with van der Waals surface area (Å²) >= 11 is 0. The summed E-state index contributed by atoms with van der Waals surface area (Å²) in [6.45, 7) is 10.2. The van der Waals surface area contributed by atoms with Gasteiger partial charge in [-0.15, -0.1) is 0 Å². The maximum absolute atomic E-state index is 13.7. The molecule has 1 atom stereocenters. The largest absolute Gasteiger partial charge is 0.496 e. The Balaban J connectivity index is 1.66. The molecule has 3 aromatic carbocycles. The molecule has 0 aliphatic rings. The number of esters is 1. The smallest absolute Gasteiger partial charge is 0.346 e. The minimum absolute atomic E-state index is 0.00741. The van der Waals surface area contributed by atoms with Gasteiger partial charge in [-0.2, -0.15) is 0 Å². The first-order chi connectivity index (χ1) is 19.5. The van der Waals surface area contributed by atoms with Gasteiger partial charge in [0.1, 0.15) is 17.3 Å². The van der Waals surface area contributed by atoms with Gasteiger partial charge in [-0.3, -0.25) is 9.69 Å². The number of ether oxygens (including phenoxy) is 3. The monoisotopic (exact) mass is 554 g/mol. The number of fused-ring (bicyclic) bond motifs is 1. The van der Waals surface area contributed by atoms with Crippen LogP contribution in [0.15, 0.2) is 72.9 Å². The Bertz CT molecular complexity index is 1540. The Morgan fingerprint density at radius 2 is 1.63 bits per heavy atom. The van der Waals surface area contributed by atoms with Crippen LogP contribution in [0.4, 0.5) is 5.82 Å². The van der Waals surface area contributed by atoms with Gasteiger partial charge >= 0.3 is 5.97 Å². The standard InChI is InChI=1S/C34H38N2O5/c1-22-18-26(12-15-30(22)39-6)25-10-8-24(9-11-25)21-36(31(37)20-34(3,4)5)32-29-14-13-28(19-27(29)16-17-35-32)41-23(2)33(38)40-7/h8-19,23H,20-21H2,1-7H3. The summed E-state index contributed by atoms with van der Waals surface area (Å²) in [5, 5.41) is 1.67. The van der Waals surface area contributed by atoms with Crippen LogP contribution in [0.25, 0.3) is 21.9 Å². The molecule has 0 N–H and O–H groups in total. The van der Waals surface area contributed by atoms with Crippen molar-refractivity contribution in [3.05, 3.63) is 84.1 Å². The molecule has 0 bridgehead atoms. The van der Waals surface area contributed by atoms with Crippen LogP contribution in [0.3, 0.4) is 0 Å². The summed E-state index contributed by atoms with van der Waals surface area (Å²) < 4.78 is 15.9. The number of carbonyl (C=O) groups excluding carboxylic acids is 2. The highest BCUT2D eigenvalue weighted by molar-refractivity contribution is 6.02. The molecule has 7 heteroatoms. The van der Waals surface area contributed by atoms with Crippen molar-refractivity contribution in [3.63, 3.8) is 0 Å². The summed E-state index contributed by atoms with van der Waals surface area (Å²) in [6.07, 6.45) is 1.32. The van der Waals surface area contributed by atoms with Crippen LogP contribution < -0.4 is 14.4 Å². The summed E-state index contributed by atoms with van der Waals surface area (Å²) in [7, 11) is 3.00. The first-order valence-electron chi connectivity index (χ1n) is 13.7. The van der Waals surface area contributed by atoms with Crippen molar-refractivity contribution < 1.29 is 23.8 Å². The number of carbonyl (C=O) groups is 2. The molecule has 4 aromatic rings. The van der Waals surface area contributed by atoms with Gasteiger partial charge in [0.25, 0.3) is 0 Å². The summed E-state index contributed by atoms with van der Waals surface area (Å²) in [6, 6.07) is 21.8. The molecule has 0 fully saturated rings. The number of pyridine rings is 1. The van der Waals surface area contributed by atoms with Gasteiger partial charge in [0, 0.05) is 18.0 Å². The molecule has 41 heavy (non-hydrogen) atoms. The van der Waals surface area contributed by atoms with E-state index in [4.69, 9.17) is 14.2 Å². The summed E-state index contributed by atoms with van der Waals surface area (Å²) in [5.41, 5.74) is 4.06. The lowest BCUT2D eigenvalue weighted by Gasteiger charge is -2.27. The van der Waals surface area contributed by atoms with Crippen LogP contribution >= 0.6 is 0 Å². The SMILES string of the molecule is COC(=O)C(C)Oc1ccc2c(N(Cc3ccc(-c4ccc(OC)c(C)c4)cc3)C(=O)CC(C)(C)C)nccc2c1. The maximum Gasteiger partial charge on any atom is 0.346 e. The Hall–Kier alpha value is -4.39. The lowest BCUT2D eigenvalue weighted by Crippen LogP contribution is -2.34. The molecule has 0 aliphatic heterocycles. The number of aryl methyl sites for hydroxylation is 1. The molecule has 0 spiro atoms. The molecule has 7 nitrogen and oxygen atoms in total. The van der Waals surface area contributed by atoms with E-state index in [1.165, 1.54) is 7.11 Å². The van der Waals surface area contributed by atoms with E-state index in [9.17, 15) is 9.59 Å². The normalized spacial score (nSPS) is 12.1. The second-order valence-electron chi connectivity index (χ2n) is 11.4. The topological polar surface area (TPSA) is 78.0 Å². The molecule has 0 aliphatic carbocycles. The fraction of sp³-hybridized carbons (Fsp3) is 0.324. The zero-order valence-corrected chi connectivity index (χ0v) is 24.9. The minimum Gasteiger partial charge on any atom is -0.496 e. The molecule has 1 heterocycles. The van der Waals surface area contributed by atoms with E-state index < -0.39 is 12.1 Å². The number of aromatic nitrogens is 1. The van der Waals surface area contributed by atoms with Crippen molar-refractivity contribution in [2.45, 2.75) is 53.7 Å². The molecule has 4 rings (SSSR count). The fourth-order valence-corrected chi connectivity index (χ4v) is 4.72. The number of hydrogen-bond acceptors (Lipinski definition) is 6. The number of nitrogens with zero attached hydrogens (tertiary/aromatic N) is 2. The van der Waals surface area contributed by atoms with Gasteiger partial charge in [0.15, 0.2) is 6.10 Å². The van der Waals surface area contributed by atoms with Crippen LogP contribution in [0, 0.1) is 12.3 Å². The van der Waals surface area contributed by atoms with Crippen molar-refractivity contribution >= 4 is 28.5 Å². The molecular weight excluding hydrogens is 516 g/mol. The quantitative estimate of drug-likeness (QED) is 0.205. The van der Waals surface area contributed by atoms with Crippen LogP contribution in [0.2, 0.25) is 0 Å². The molecule has 0 saturated carbocycles. The van der Waals surface area contributed by atoms with Gasteiger partial charge in [-0.05, 0) is 83.3 Å². The molecule has 1 unspecified atom stereocenters. The predicted molar refractivity (Wildman–Crippen MR) is 162 cm³/mol. The third-order valence-corrected chi connectivity index (χ3v) is 6.82. The number of anilines is 1. The van der Waals surface area contributed by atoms with E-state index in [-0.39, 0.29) is 11.3 Å². The average Bonchev–Trinajstić information content (AvgIpc) is 2.94. The third-order valence-electron chi connectivity index (χ3n) is 6.82. The summed E-state index contributed by atoms with van der Waals surface area (Å²) in [5.74, 6) is 1.51. The predicted octanol–water partition coefficient (Wildman–Crippen LogP) is 7.13. The second-order valence-corrected chi connectivity index (χ2v) is 11.4. The van der Waals surface area contributed by atoms with Crippen LogP contribution in [-0.4, -0.2) is 37.2 Å². The molecular formula is C34H38N2O5. The van der Waals surface area contributed by atoms with E-state index in [0.29, 0.717) is 24.5 Å². The number of hydrogen-bond donors (Lipinski definition) is 0. The summed E-state index contributed by atoms with van der Waals surface area (Å²) in [4.78, 5) is 32.0. The molecule has 1 amide bonds. The molecule has 0 radical (unpaired) electrons. The van der Waals surface area contributed by atoms with Crippen molar-refractivity contribution in [1.82, 2.24) is 4.98 Å². The molecule has 1 aromatic heterocycles. The molecule has 214 valence electrons. The van der Waals surface area contributed by atoms with Gasteiger partial charge in [-0.25, -0.2) is 9.78 Å². The van der Waals surface area contributed by atoms with Crippen molar-refractivity contribution in [2.24, 2.45) is 5.41 Å². The highest BCUT2D eigenvalue weighted by Crippen LogP contribution is 2.32. The van der Waals surface area contributed by atoms with Crippen molar-refractivity contribution in [3.8, 4) is 22.6 Å². The molecule has 0 saturated heterocycles. The van der Waals surface area contributed by atoms with Crippen LogP contribution in [-0.2, 0) is 20.9 Å². The van der Waals surface area contributed by atoms with E-state index in [0.717, 1.165) is 38.8 Å². The van der Waals surface area contributed by atoms with Crippen molar-refractivity contribution in [1.29, 1.82) is 0 Å². The number of benzene rings is 3. The second kappa shape index (κ2) is 12.4. The zero-order valence-electron chi connectivity index (χ0n) is 24.9. The van der Waals surface area contributed by atoms with Gasteiger partial charge in [0.05, 0.1) is 20.8 Å². The van der Waals surface area contributed by atoms with Crippen LogP contribution in [0.5, 0.6) is 11.5 Å². The lowest BCUT2D eigenvalue weighted by molar-refractivity contribution is -0.147. The Labute approximate surface area is 242 Å². The number of rotatable bonds is 9. The first-order valence-corrected chi connectivity index (χ1v) is 13.7. The number of amides is 1. The van der Waals surface area contributed by atoms with Gasteiger partial charge in [-0.1, -0.05) is 51.1 Å². The highest BCUT2D eigenvalue weighted by atomic mass is 16.6. The van der Waals surface area contributed by atoms with Gasteiger partial charge < -0.3 is 14.2 Å². The maximum atomic E-state index is 13.7. The zero-order chi connectivity index (χ0) is 29.7. The van der Waals surface area contributed by atoms with Crippen molar-refractivity contribution in [2.75, 3.05) is 19.1 Å². The first kappa shape index (κ1) is 29.6. The Kier molecular flexibility index (Phi) is 8.96. The third kappa shape index (κ3) is 7.23.